The Bertz CT molecular complexity index is 609. The number of aliphatic carboxylic acids is 1. The first-order valence-electron chi connectivity index (χ1n) is 8.31. The maximum Gasteiger partial charge on any atom is 0.311 e. The van der Waals surface area contributed by atoms with E-state index in [9.17, 15) is 14.7 Å². The molecule has 2 heterocycles. The van der Waals surface area contributed by atoms with E-state index in [0.717, 1.165) is 19.3 Å². The van der Waals surface area contributed by atoms with Crippen LogP contribution >= 0.6 is 0 Å². The number of aromatic nitrogens is 1. The summed E-state index contributed by atoms with van der Waals surface area (Å²) in [4.78, 5) is 28.1. The van der Waals surface area contributed by atoms with Crippen molar-refractivity contribution >= 4 is 11.9 Å². The molecule has 0 atom stereocenters. The zero-order valence-corrected chi connectivity index (χ0v) is 13.5. The molecule has 3 rings (SSSR count). The fourth-order valence-electron chi connectivity index (χ4n) is 2.85. The summed E-state index contributed by atoms with van der Waals surface area (Å²) < 4.78 is 10.9. The molecular formula is C17H22N2O5. The van der Waals surface area contributed by atoms with Crippen LogP contribution in [0.5, 0.6) is 5.88 Å². The lowest BCUT2D eigenvalue weighted by Gasteiger charge is -2.33. The van der Waals surface area contributed by atoms with Crippen LogP contribution in [0.3, 0.4) is 0 Å². The Labute approximate surface area is 140 Å². The first-order chi connectivity index (χ1) is 11.6. The van der Waals surface area contributed by atoms with Gasteiger partial charge in [0, 0.05) is 37.6 Å². The average Bonchev–Trinajstić information content (AvgIpc) is 2.57. The zero-order chi connectivity index (χ0) is 17.0. The van der Waals surface area contributed by atoms with Crippen molar-refractivity contribution in [2.45, 2.75) is 38.2 Å². The van der Waals surface area contributed by atoms with Crippen LogP contribution in [-0.2, 0) is 9.53 Å². The van der Waals surface area contributed by atoms with Gasteiger partial charge in [-0.15, -0.1) is 0 Å². The summed E-state index contributed by atoms with van der Waals surface area (Å²) in [7, 11) is 0. The van der Waals surface area contributed by atoms with Crippen LogP contribution in [0.1, 0.15) is 42.5 Å². The molecule has 1 saturated heterocycles. The second-order valence-electron chi connectivity index (χ2n) is 6.43. The maximum atomic E-state index is 12.4. The molecule has 0 unspecified atom stereocenters. The van der Waals surface area contributed by atoms with Crippen molar-refractivity contribution < 1.29 is 24.2 Å². The van der Waals surface area contributed by atoms with E-state index >= 15 is 0 Å². The van der Waals surface area contributed by atoms with Gasteiger partial charge in [-0.25, -0.2) is 4.98 Å². The molecule has 2 fully saturated rings. The number of carboxylic acids is 1. The average molecular weight is 334 g/mol. The van der Waals surface area contributed by atoms with E-state index in [1.165, 1.54) is 6.20 Å². The number of ether oxygens (including phenoxy) is 2. The van der Waals surface area contributed by atoms with Crippen LogP contribution in [0.15, 0.2) is 18.3 Å². The molecule has 0 bridgehead atoms. The SMILES string of the molecule is O=C(NCC1(C(=O)O)CCOCC1)c1ccnc(OC2CCC2)c1. The summed E-state index contributed by atoms with van der Waals surface area (Å²) >= 11 is 0. The molecule has 7 nitrogen and oxygen atoms in total. The van der Waals surface area contributed by atoms with Gasteiger partial charge in [0.25, 0.3) is 5.91 Å². The number of nitrogens with zero attached hydrogens (tertiary/aromatic N) is 1. The monoisotopic (exact) mass is 334 g/mol. The third-order valence-electron chi connectivity index (χ3n) is 4.83. The van der Waals surface area contributed by atoms with Crippen molar-refractivity contribution in [3.63, 3.8) is 0 Å². The van der Waals surface area contributed by atoms with Crippen molar-refractivity contribution in [2.24, 2.45) is 5.41 Å². The molecule has 1 saturated carbocycles. The highest BCUT2D eigenvalue weighted by atomic mass is 16.5. The molecule has 0 aromatic carbocycles. The van der Waals surface area contributed by atoms with Gasteiger partial charge in [0.05, 0.1) is 5.41 Å². The number of rotatable bonds is 6. The van der Waals surface area contributed by atoms with Crippen molar-refractivity contribution in [3.8, 4) is 5.88 Å². The molecule has 1 aliphatic carbocycles. The second-order valence-corrected chi connectivity index (χ2v) is 6.43. The molecular weight excluding hydrogens is 312 g/mol. The highest BCUT2D eigenvalue weighted by molar-refractivity contribution is 5.94. The van der Waals surface area contributed by atoms with Gasteiger partial charge in [-0.2, -0.15) is 0 Å². The zero-order valence-electron chi connectivity index (χ0n) is 13.5. The van der Waals surface area contributed by atoms with Gasteiger partial charge in [-0.05, 0) is 38.2 Å². The largest absolute Gasteiger partial charge is 0.481 e. The number of pyridine rings is 1. The molecule has 2 aliphatic rings. The minimum atomic E-state index is -0.952. The standard InChI is InChI=1S/C17H22N2O5/c20-15(19-11-17(16(21)22)5-8-23-9-6-17)12-4-7-18-14(10-12)24-13-2-1-3-13/h4,7,10,13H,1-3,5-6,8-9,11H2,(H,19,20)(H,21,22). The highest BCUT2D eigenvalue weighted by Gasteiger charge is 2.40. The van der Waals surface area contributed by atoms with E-state index in [-0.39, 0.29) is 18.6 Å². The van der Waals surface area contributed by atoms with E-state index in [1.54, 1.807) is 12.1 Å². The summed E-state index contributed by atoms with van der Waals surface area (Å²) in [5, 5.41) is 12.3. The second kappa shape index (κ2) is 7.17. The molecule has 1 aromatic rings. The van der Waals surface area contributed by atoms with Crippen LogP contribution in [0.2, 0.25) is 0 Å². The third kappa shape index (κ3) is 3.67. The molecule has 1 amide bonds. The number of carbonyl (C=O) groups is 2. The Morgan fingerprint density at radius 3 is 2.75 bits per heavy atom. The predicted octanol–water partition coefficient (Wildman–Crippen LogP) is 1.62. The molecule has 2 N–H and O–H groups in total. The third-order valence-corrected chi connectivity index (χ3v) is 4.83. The number of hydrogen-bond acceptors (Lipinski definition) is 5. The van der Waals surface area contributed by atoms with Gasteiger partial charge in [-0.3, -0.25) is 9.59 Å². The first-order valence-corrected chi connectivity index (χ1v) is 8.31. The van der Waals surface area contributed by atoms with Crippen molar-refractivity contribution in [1.29, 1.82) is 0 Å². The normalized spacial score (nSPS) is 20.0. The van der Waals surface area contributed by atoms with Gasteiger partial charge >= 0.3 is 5.97 Å². The van der Waals surface area contributed by atoms with Gasteiger partial charge in [0.2, 0.25) is 5.88 Å². The van der Waals surface area contributed by atoms with Crippen molar-refractivity contribution in [2.75, 3.05) is 19.8 Å². The van der Waals surface area contributed by atoms with Gasteiger partial charge in [0.1, 0.15) is 6.10 Å². The van der Waals surface area contributed by atoms with Gasteiger partial charge in [0.15, 0.2) is 0 Å². The van der Waals surface area contributed by atoms with Gasteiger partial charge in [-0.1, -0.05) is 0 Å². The fraction of sp³-hybridized carbons (Fsp3) is 0.588. The summed E-state index contributed by atoms with van der Waals surface area (Å²) in [5.41, 5.74) is -0.529. The van der Waals surface area contributed by atoms with Gasteiger partial charge < -0.3 is 19.9 Å². The Balaban J connectivity index is 1.61. The summed E-state index contributed by atoms with van der Waals surface area (Å²) in [6.07, 6.45) is 5.70. The minimum absolute atomic E-state index is 0.0890. The number of carboxylic acid groups (broad SMARTS) is 1. The highest BCUT2D eigenvalue weighted by Crippen LogP contribution is 2.30. The lowest BCUT2D eigenvalue weighted by Crippen LogP contribution is -2.46. The number of nitrogens with one attached hydrogen (secondary N) is 1. The number of amides is 1. The van der Waals surface area contributed by atoms with E-state index in [1.807, 2.05) is 0 Å². The lowest BCUT2D eigenvalue weighted by atomic mass is 9.80. The molecule has 1 aromatic heterocycles. The fourth-order valence-corrected chi connectivity index (χ4v) is 2.85. The predicted molar refractivity (Wildman–Crippen MR) is 85.0 cm³/mol. The van der Waals surface area contributed by atoms with E-state index in [2.05, 4.69) is 10.3 Å². The minimum Gasteiger partial charge on any atom is -0.481 e. The lowest BCUT2D eigenvalue weighted by molar-refractivity contribution is -0.154. The number of carbonyl (C=O) groups excluding carboxylic acids is 1. The quantitative estimate of drug-likeness (QED) is 0.820. The van der Waals surface area contributed by atoms with E-state index in [0.29, 0.717) is 37.5 Å². The molecule has 24 heavy (non-hydrogen) atoms. The van der Waals surface area contributed by atoms with Crippen LogP contribution in [0, 0.1) is 5.41 Å². The summed E-state index contributed by atoms with van der Waals surface area (Å²) in [6, 6.07) is 3.20. The first kappa shape index (κ1) is 16.7. The Morgan fingerprint density at radius 1 is 1.38 bits per heavy atom. The molecule has 7 heteroatoms. The molecule has 1 aliphatic heterocycles. The van der Waals surface area contributed by atoms with Crippen molar-refractivity contribution in [1.82, 2.24) is 10.3 Å². The Kier molecular flexibility index (Phi) is 4.99. The van der Waals surface area contributed by atoms with Crippen LogP contribution < -0.4 is 10.1 Å². The topological polar surface area (TPSA) is 97.8 Å². The molecule has 0 radical (unpaired) electrons. The summed E-state index contributed by atoms with van der Waals surface area (Å²) in [5.74, 6) is -0.774. The Morgan fingerprint density at radius 2 is 2.12 bits per heavy atom. The Hall–Kier alpha value is -2.15. The summed E-state index contributed by atoms with van der Waals surface area (Å²) in [6.45, 7) is 0.888. The maximum absolute atomic E-state index is 12.4. The van der Waals surface area contributed by atoms with E-state index < -0.39 is 11.4 Å². The van der Waals surface area contributed by atoms with Crippen LogP contribution in [0.25, 0.3) is 0 Å². The molecule has 130 valence electrons. The number of hydrogen-bond donors (Lipinski definition) is 2. The smallest absolute Gasteiger partial charge is 0.311 e. The van der Waals surface area contributed by atoms with Crippen molar-refractivity contribution in [3.05, 3.63) is 23.9 Å². The van der Waals surface area contributed by atoms with Crippen LogP contribution in [0.4, 0.5) is 0 Å². The molecule has 0 spiro atoms. The van der Waals surface area contributed by atoms with E-state index in [4.69, 9.17) is 9.47 Å². The van der Waals surface area contributed by atoms with Crippen LogP contribution in [-0.4, -0.2) is 47.8 Å².